The normalized spacial score (nSPS) is 10.9. The zero-order valence-corrected chi connectivity index (χ0v) is 11.7. The van der Waals surface area contributed by atoms with Gasteiger partial charge in [0, 0.05) is 6.20 Å². The molecule has 0 unspecified atom stereocenters. The van der Waals surface area contributed by atoms with Crippen LogP contribution in [0, 0.1) is 0 Å². The van der Waals surface area contributed by atoms with E-state index in [0.717, 1.165) is 21.3 Å². The third kappa shape index (κ3) is 2.66. The lowest BCUT2D eigenvalue weighted by Crippen LogP contribution is -1.81. The number of thioether (sulfide) groups is 1. The molecule has 0 saturated heterocycles. The lowest BCUT2D eigenvalue weighted by atomic mass is 10.3. The molecule has 18 heavy (non-hydrogen) atoms. The number of halogens is 1. The fraction of sp³-hybridized carbons (Fsp3) is 0.0769. The SMILES string of the molecule is Clc1ccc(SCc2nc3ccccc3s2)nc1. The first-order valence-corrected chi connectivity index (χ1v) is 7.58. The number of nitrogens with zero attached hydrogens (tertiary/aromatic N) is 2. The van der Waals surface area contributed by atoms with E-state index in [1.807, 2.05) is 30.3 Å². The molecule has 0 fully saturated rings. The number of hydrogen-bond donors (Lipinski definition) is 0. The molecule has 0 spiro atoms. The average molecular weight is 293 g/mol. The van der Waals surface area contributed by atoms with Crippen molar-refractivity contribution in [3.63, 3.8) is 0 Å². The molecule has 3 aromatic rings. The predicted molar refractivity (Wildman–Crippen MR) is 78.4 cm³/mol. The molecule has 0 amide bonds. The van der Waals surface area contributed by atoms with E-state index in [1.54, 1.807) is 29.3 Å². The zero-order valence-electron chi connectivity index (χ0n) is 9.34. The molecule has 3 rings (SSSR count). The van der Waals surface area contributed by atoms with E-state index in [1.165, 1.54) is 4.70 Å². The topological polar surface area (TPSA) is 25.8 Å². The van der Waals surface area contributed by atoms with Crippen LogP contribution in [0.5, 0.6) is 0 Å². The molecule has 0 saturated carbocycles. The Morgan fingerprint density at radius 1 is 1.17 bits per heavy atom. The Morgan fingerprint density at radius 3 is 2.83 bits per heavy atom. The van der Waals surface area contributed by atoms with Crippen LogP contribution < -0.4 is 0 Å². The molecular weight excluding hydrogens is 284 g/mol. The Hall–Kier alpha value is -1.10. The molecule has 0 aliphatic rings. The second-order valence-corrected chi connectivity index (χ2v) is 6.23. The zero-order chi connectivity index (χ0) is 12.4. The van der Waals surface area contributed by atoms with Crippen LogP contribution >= 0.6 is 34.7 Å². The van der Waals surface area contributed by atoms with Crippen LogP contribution in [0.15, 0.2) is 47.6 Å². The summed E-state index contributed by atoms with van der Waals surface area (Å²) in [5, 5.41) is 2.76. The van der Waals surface area contributed by atoms with E-state index in [-0.39, 0.29) is 0 Å². The third-order valence-corrected chi connectivity index (χ3v) is 4.78. The highest BCUT2D eigenvalue weighted by Crippen LogP contribution is 2.27. The van der Waals surface area contributed by atoms with Gasteiger partial charge >= 0.3 is 0 Å². The lowest BCUT2D eigenvalue weighted by molar-refractivity contribution is 1.13. The van der Waals surface area contributed by atoms with Crippen molar-refractivity contribution in [1.82, 2.24) is 9.97 Å². The van der Waals surface area contributed by atoms with E-state index < -0.39 is 0 Å². The van der Waals surface area contributed by atoms with Crippen LogP contribution in [0.1, 0.15) is 5.01 Å². The first-order valence-electron chi connectivity index (χ1n) is 5.40. The largest absolute Gasteiger partial charge is 0.248 e. The molecule has 0 aliphatic heterocycles. The maximum atomic E-state index is 5.80. The van der Waals surface area contributed by atoms with Crippen LogP contribution in [-0.2, 0) is 5.75 Å². The Bertz CT molecular complexity index is 631. The first kappa shape index (κ1) is 12.0. The second kappa shape index (κ2) is 5.26. The minimum absolute atomic E-state index is 0.666. The van der Waals surface area contributed by atoms with Crippen LogP contribution in [0.3, 0.4) is 0 Å². The summed E-state index contributed by atoms with van der Waals surface area (Å²) >= 11 is 9.21. The van der Waals surface area contributed by atoms with Gasteiger partial charge in [0.05, 0.1) is 26.0 Å². The summed E-state index contributed by atoms with van der Waals surface area (Å²) in [6.45, 7) is 0. The Kier molecular flexibility index (Phi) is 3.50. The summed E-state index contributed by atoms with van der Waals surface area (Å²) in [7, 11) is 0. The quantitative estimate of drug-likeness (QED) is 0.658. The van der Waals surface area contributed by atoms with Crippen molar-refractivity contribution in [2.45, 2.75) is 10.8 Å². The minimum atomic E-state index is 0.666. The molecular formula is C13H9ClN2S2. The van der Waals surface area contributed by atoms with Crippen molar-refractivity contribution in [3.05, 3.63) is 52.6 Å². The standard InChI is InChI=1S/C13H9ClN2S2/c14-9-5-6-12(15-7-9)17-8-13-16-10-3-1-2-4-11(10)18-13/h1-7H,8H2. The lowest BCUT2D eigenvalue weighted by Gasteiger charge is -1.97. The van der Waals surface area contributed by atoms with Gasteiger partial charge in [-0.25, -0.2) is 9.97 Å². The summed E-state index contributed by atoms with van der Waals surface area (Å²) in [6, 6.07) is 12.0. The Balaban J connectivity index is 1.74. The molecule has 0 bridgehead atoms. The maximum Gasteiger partial charge on any atom is 0.104 e. The fourth-order valence-electron chi connectivity index (χ4n) is 1.56. The van der Waals surface area contributed by atoms with Gasteiger partial charge in [0.2, 0.25) is 0 Å². The van der Waals surface area contributed by atoms with E-state index in [4.69, 9.17) is 11.6 Å². The van der Waals surface area contributed by atoms with Crippen molar-refractivity contribution in [2.75, 3.05) is 0 Å². The molecule has 5 heteroatoms. The number of benzene rings is 1. The summed E-state index contributed by atoms with van der Waals surface area (Å²) in [5.74, 6) is 0.841. The van der Waals surface area contributed by atoms with E-state index in [0.29, 0.717) is 5.02 Å². The molecule has 2 aromatic heterocycles. The first-order chi connectivity index (χ1) is 8.81. The number of pyridine rings is 1. The average Bonchev–Trinajstić information content (AvgIpc) is 2.81. The summed E-state index contributed by atoms with van der Waals surface area (Å²) < 4.78 is 1.23. The van der Waals surface area contributed by atoms with Gasteiger partial charge in [-0.05, 0) is 24.3 Å². The van der Waals surface area contributed by atoms with Gasteiger partial charge in [0.15, 0.2) is 0 Å². The van der Waals surface area contributed by atoms with Crippen molar-refractivity contribution in [2.24, 2.45) is 0 Å². The maximum absolute atomic E-state index is 5.80. The number of para-hydroxylation sites is 1. The van der Waals surface area contributed by atoms with Gasteiger partial charge in [-0.3, -0.25) is 0 Å². The van der Waals surface area contributed by atoms with Gasteiger partial charge in [0.25, 0.3) is 0 Å². The molecule has 1 aromatic carbocycles. The van der Waals surface area contributed by atoms with Crippen molar-refractivity contribution < 1.29 is 0 Å². The summed E-state index contributed by atoms with van der Waals surface area (Å²) in [4.78, 5) is 8.84. The molecule has 0 N–H and O–H groups in total. The Labute approximate surface area is 118 Å². The molecule has 0 aliphatic carbocycles. The molecule has 0 atom stereocenters. The highest BCUT2D eigenvalue weighted by Gasteiger charge is 2.04. The second-order valence-electron chi connectivity index (χ2n) is 3.68. The molecule has 0 radical (unpaired) electrons. The molecule has 90 valence electrons. The molecule has 2 nitrogen and oxygen atoms in total. The number of thiazole rings is 1. The fourth-order valence-corrected chi connectivity index (χ4v) is 3.48. The van der Waals surface area contributed by atoms with E-state index in [2.05, 4.69) is 16.0 Å². The summed E-state index contributed by atoms with van der Waals surface area (Å²) in [5.41, 5.74) is 1.07. The molecule has 2 heterocycles. The van der Waals surface area contributed by atoms with E-state index >= 15 is 0 Å². The van der Waals surface area contributed by atoms with Crippen LogP contribution in [0.25, 0.3) is 10.2 Å². The number of rotatable bonds is 3. The van der Waals surface area contributed by atoms with Gasteiger partial charge in [-0.2, -0.15) is 0 Å². The van der Waals surface area contributed by atoms with Crippen molar-refractivity contribution >= 4 is 44.9 Å². The van der Waals surface area contributed by atoms with Crippen LogP contribution in [-0.4, -0.2) is 9.97 Å². The number of fused-ring (bicyclic) bond motifs is 1. The predicted octanol–water partition coefficient (Wildman–Crippen LogP) is 4.64. The van der Waals surface area contributed by atoms with Crippen molar-refractivity contribution in [1.29, 1.82) is 0 Å². The summed E-state index contributed by atoms with van der Waals surface area (Å²) in [6.07, 6.45) is 1.67. The van der Waals surface area contributed by atoms with Gasteiger partial charge in [-0.1, -0.05) is 35.5 Å². The minimum Gasteiger partial charge on any atom is -0.248 e. The Morgan fingerprint density at radius 2 is 2.06 bits per heavy atom. The highest BCUT2D eigenvalue weighted by molar-refractivity contribution is 7.98. The number of aromatic nitrogens is 2. The van der Waals surface area contributed by atoms with Gasteiger partial charge in [0.1, 0.15) is 5.01 Å². The van der Waals surface area contributed by atoms with Crippen molar-refractivity contribution in [3.8, 4) is 0 Å². The highest BCUT2D eigenvalue weighted by atomic mass is 35.5. The van der Waals surface area contributed by atoms with Crippen LogP contribution in [0.4, 0.5) is 0 Å². The van der Waals surface area contributed by atoms with E-state index in [9.17, 15) is 0 Å². The smallest absolute Gasteiger partial charge is 0.104 e. The number of hydrogen-bond acceptors (Lipinski definition) is 4. The monoisotopic (exact) mass is 292 g/mol. The van der Waals surface area contributed by atoms with Crippen LogP contribution in [0.2, 0.25) is 5.02 Å². The van der Waals surface area contributed by atoms with Gasteiger partial charge in [-0.15, -0.1) is 11.3 Å². The van der Waals surface area contributed by atoms with Gasteiger partial charge < -0.3 is 0 Å². The third-order valence-electron chi connectivity index (χ3n) is 2.38.